The maximum Gasteiger partial charge on any atom is 0.213 e. The van der Waals surface area contributed by atoms with Crippen LogP contribution in [-0.4, -0.2) is 36.1 Å². The van der Waals surface area contributed by atoms with Gasteiger partial charge in [-0.1, -0.05) is 6.07 Å². The molecule has 0 saturated heterocycles. The van der Waals surface area contributed by atoms with Crippen LogP contribution in [-0.2, 0) is 13.0 Å². The predicted octanol–water partition coefficient (Wildman–Crippen LogP) is 3.63. The summed E-state index contributed by atoms with van der Waals surface area (Å²) in [5, 5.41) is 7.45. The van der Waals surface area contributed by atoms with Gasteiger partial charge in [-0.3, -0.25) is 0 Å². The molecule has 3 N–H and O–H groups in total. The summed E-state index contributed by atoms with van der Waals surface area (Å²) in [7, 11) is 1.59. The molecule has 0 aliphatic rings. The van der Waals surface area contributed by atoms with E-state index in [1.54, 1.807) is 25.3 Å². The van der Waals surface area contributed by atoms with Crippen molar-refractivity contribution >= 4 is 40.8 Å². The van der Waals surface area contributed by atoms with Gasteiger partial charge in [0.05, 0.1) is 19.3 Å². The van der Waals surface area contributed by atoms with Crippen molar-refractivity contribution in [1.29, 1.82) is 0 Å². The fourth-order valence-corrected chi connectivity index (χ4v) is 2.83. The number of nitrogens with zero attached hydrogens (tertiary/aromatic N) is 2. The minimum atomic E-state index is -0.225. The maximum absolute atomic E-state index is 13.5. The molecule has 0 bridgehead atoms. The number of H-pyrrole nitrogens is 1. The zero-order valence-corrected chi connectivity index (χ0v) is 18.3. The number of rotatable bonds is 7. The highest BCUT2D eigenvalue weighted by Crippen LogP contribution is 2.19. The number of halogens is 2. The lowest BCUT2D eigenvalue weighted by Crippen LogP contribution is -2.38. The Morgan fingerprint density at radius 1 is 1.25 bits per heavy atom. The number of pyridine rings is 1. The summed E-state index contributed by atoms with van der Waals surface area (Å²) in [5.41, 5.74) is 2.84. The first kappa shape index (κ1) is 21.9. The molecule has 0 spiro atoms. The Kier molecular flexibility index (Phi) is 8.49. The zero-order valence-electron chi connectivity index (χ0n) is 16.0. The van der Waals surface area contributed by atoms with Crippen LogP contribution >= 0.6 is 24.0 Å². The Bertz CT molecular complexity index is 928. The van der Waals surface area contributed by atoms with Crippen molar-refractivity contribution in [2.24, 2.45) is 4.99 Å². The van der Waals surface area contributed by atoms with E-state index in [4.69, 9.17) is 4.74 Å². The van der Waals surface area contributed by atoms with E-state index in [-0.39, 0.29) is 29.8 Å². The van der Waals surface area contributed by atoms with Crippen LogP contribution in [0.3, 0.4) is 0 Å². The highest BCUT2D eigenvalue weighted by molar-refractivity contribution is 14.0. The third kappa shape index (κ3) is 5.82. The van der Waals surface area contributed by atoms with Crippen LogP contribution in [0.4, 0.5) is 4.39 Å². The smallest absolute Gasteiger partial charge is 0.213 e. The van der Waals surface area contributed by atoms with Crippen LogP contribution in [0, 0.1) is 5.82 Å². The Morgan fingerprint density at radius 3 is 2.89 bits per heavy atom. The van der Waals surface area contributed by atoms with Gasteiger partial charge in [0.1, 0.15) is 5.82 Å². The van der Waals surface area contributed by atoms with Crippen molar-refractivity contribution in [2.45, 2.75) is 19.9 Å². The van der Waals surface area contributed by atoms with Gasteiger partial charge in [0, 0.05) is 36.3 Å². The van der Waals surface area contributed by atoms with Crippen LogP contribution < -0.4 is 15.4 Å². The summed E-state index contributed by atoms with van der Waals surface area (Å²) in [4.78, 5) is 12.1. The highest BCUT2D eigenvalue weighted by Gasteiger charge is 2.06. The maximum atomic E-state index is 13.5. The molecular weight excluding hydrogens is 472 g/mol. The van der Waals surface area contributed by atoms with Crippen molar-refractivity contribution < 1.29 is 9.13 Å². The normalized spacial score (nSPS) is 11.2. The SMILES string of the molecule is CCNC(=NCc1cccc(OC)n1)NCCc1c[nH]c2ccc(F)cc12.I. The molecule has 3 rings (SSSR count). The van der Waals surface area contributed by atoms with Gasteiger partial charge in [-0.25, -0.2) is 14.4 Å². The highest BCUT2D eigenvalue weighted by atomic mass is 127. The number of hydrogen-bond donors (Lipinski definition) is 3. The van der Waals surface area contributed by atoms with Crippen molar-refractivity contribution in [3.8, 4) is 5.88 Å². The van der Waals surface area contributed by atoms with E-state index in [0.29, 0.717) is 24.9 Å². The molecule has 2 heterocycles. The summed E-state index contributed by atoms with van der Waals surface area (Å²) in [5.74, 6) is 1.07. The van der Waals surface area contributed by atoms with Crippen LogP contribution in [0.2, 0.25) is 0 Å². The minimum absolute atomic E-state index is 0. The van der Waals surface area contributed by atoms with Gasteiger partial charge in [0.25, 0.3) is 0 Å². The van der Waals surface area contributed by atoms with Crippen LogP contribution in [0.5, 0.6) is 5.88 Å². The van der Waals surface area contributed by atoms with E-state index >= 15 is 0 Å². The molecule has 0 aliphatic carbocycles. The van der Waals surface area contributed by atoms with Gasteiger partial charge in [-0.15, -0.1) is 24.0 Å². The number of fused-ring (bicyclic) bond motifs is 1. The van der Waals surface area contributed by atoms with Gasteiger partial charge in [0.2, 0.25) is 5.88 Å². The molecule has 0 saturated carbocycles. The minimum Gasteiger partial charge on any atom is -0.481 e. The number of aromatic nitrogens is 2. The topological polar surface area (TPSA) is 74.3 Å². The average molecular weight is 497 g/mol. The third-order valence-electron chi connectivity index (χ3n) is 4.15. The lowest BCUT2D eigenvalue weighted by molar-refractivity contribution is 0.396. The Hall–Kier alpha value is -2.36. The third-order valence-corrected chi connectivity index (χ3v) is 4.15. The van der Waals surface area contributed by atoms with E-state index in [1.807, 2.05) is 25.3 Å². The van der Waals surface area contributed by atoms with E-state index in [2.05, 4.69) is 25.6 Å². The molecule has 1 aromatic carbocycles. The molecule has 150 valence electrons. The van der Waals surface area contributed by atoms with Gasteiger partial charge in [-0.2, -0.15) is 0 Å². The van der Waals surface area contributed by atoms with E-state index < -0.39 is 0 Å². The van der Waals surface area contributed by atoms with Crippen molar-refractivity contribution in [3.05, 3.63) is 59.7 Å². The molecular formula is C20H25FIN5O. The number of methoxy groups -OCH3 is 1. The lowest BCUT2D eigenvalue weighted by atomic mass is 10.1. The Labute approximate surface area is 181 Å². The summed E-state index contributed by atoms with van der Waals surface area (Å²) in [6.07, 6.45) is 2.68. The average Bonchev–Trinajstić information content (AvgIpc) is 3.08. The number of benzene rings is 1. The van der Waals surface area contributed by atoms with Gasteiger partial charge in [0.15, 0.2) is 5.96 Å². The van der Waals surface area contributed by atoms with Gasteiger partial charge >= 0.3 is 0 Å². The van der Waals surface area contributed by atoms with Crippen LogP contribution in [0.15, 0.2) is 47.6 Å². The molecule has 6 nitrogen and oxygen atoms in total. The molecule has 0 aliphatic heterocycles. The van der Waals surface area contributed by atoms with Crippen molar-refractivity contribution in [2.75, 3.05) is 20.2 Å². The monoisotopic (exact) mass is 497 g/mol. The molecule has 2 aromatic heterocycles. The molecule has 3 aromatic rings. The second-order valence-electron chi connectivity index (χ2n) is 6.05. The number of guanidine groups is 1. The van der Waals surface area contributed by atoms with Crippen molar-refractivity contribution in [1.82, 2.24) is 20.6 Å². The molecule has 0 amide bonds. The van der Waals surface area contributed by atoms with Gasteiger partial charge in [-0.05, 0) is 43.2 Å². The molecule has 8 heteroatoms. The first-order chi connectivity index (χ1) is 13.2. The van der Waals surface area contributed by atoms with Crippen molar-refractivity contribution in [3.63, 3.8) is 0 Å². The van der Waals surface area contributed by atoms with Gasteiger partial charge < -0.3 is 20.4 Å². The largest absolute Gasteiger partial charge is 0.481 e. The molecule has 0 fully saturated rings. The van der Waals surface area contributed by atoms with E-state index in [0.717, 1.165) is 35.1 Å². The lowest BCUT2D eigenvalue weighted by Gasteiger charge is -2.11. The standard InChI is InChI=1S/C20H24FN5O.HI/c1-3-22-20(25-13-16-5-4-6-19(26-16)27-2)23-10-9-14-12-24-18-8-7-15(21)11-17(14)18;/h4-8,11-12,24H,3,9-10,13H2,1-2H3,(H2,22,23,25);1H. The quantitative estimate of drug-likeness (QED) is 0.265. The van der Waals surface area contributed by atoms with E-state index in [9.17, 15) is 4.39 Å². The summed E-state index contributed by atoms with van der Waals surface area (Å²) in [6.45, 7) is 3.91. The Balaban J connectivity index is 0.00000280. The molecule has 28 heavy (non-hydrogen) atoms. The summed E-state index contributed by atoms with van der Waals surface area (Å²) >= 11 is 0. The zero-order chi connectivity index (χ0) is 19.1. The molecule has 0 atom stereocenters. The summed E-state index contributed by atoms with van der Waals surface area (Å²) < 4.78 is 18.6. The molecule has 0 radical (unpaired) electrons. The van der Waals surface area contributed by atoms with Crippen LogP contribution in [0.25, 0.3) is 10.9 Å². The fraction of sp³-hybridized carbons (Fsp3) is 0.300. The first-order valence-electron chi connectivity index (χ1n) is 8.97. The molecule has 0 unspecified atom stereocenters. The Morgan fingerprint density at radius 2 is 2.11 bits per heavy atom. The predicted molar refractivity (Wildman–Crippen MR) is 121 cm³/mol. The van der Waals surface area contributed by atoms with Crippen LogP contribution in [0.1, 0.15) is 18.2 Å². The second-order valence-corrected chi connectivity index (χ2v) is 6.05. The fourth-order valence-electron chi connectivity index (χ4n) is 2.83. The number of aromatic amines is 1. The number of ether oxygens (including phenoxy) is 1. The number of aliphatic imine (C=N–C) groups is 1. The second kappa shape index (κ2) is 10.8. The summed E-state index contributed by atoms with van der Waals surface area (Å²) in [6, 6.07) is 10.4. The number of nitrogens with one attached hydrogen (secondary N) is 3. The first-order valence-corrected chi connectivity index (χ1v) is 8.97. The number of hydrogen-bond acceptors (Lipinski definition) is 3. The van der Waals surface area contributed by atoms with E-state index in [1.165, 1.54) is 6.07 Å².